The maximum atomic E-state index is 13.6. The molecule has 2 aromatic rings. The van der Waals surface area contributed by atoms with Crippen LogP contribution in [-0.2, 0) is 10.0 Å². The maximum Gasteiger partial charge on any atom is 0.573 e. The van der Waals surface area contributed by atoms with Gasteiger partial charge in [-0.1, -0.05) is 6.07 Å². The van der Waals surface area contributed by atoms with Gasteiger partial charge in [-0.05, 0) is 24.6 Å². The second-order valence-electron chi connectivity index (χ2n) is 7.06. The molecule has 1 saturated heterocycles. The molecule has 0 unspecified atom stereocenters. The lowest BCUT2D eigenvalue weighted by atomic mass is 10.2. The topological polar surface area (TPSA) is 120 Å². The molecule has 1 fully saturated rings. The molecule has 0 aliphatic carbocycles. The molecule has 2 aliphatic rings. The largest absolute Gasteiger partial charge is 0.573 e. The number of carbonyl (C=O) groups is 1. The average molecular weight is 476 g/mol. The number of hydrogen-bond donors (Lipinski definition) is 1. The molecule has 172 valence electrons. The number of rotatable bonds is 4. The Hall–Kier alpha value is -3.13. The van der Waals surface area contributed by atoms with Crippen LogP contribution in [0.25, 0.3) is 4.72 Å². The van der Waals surface area contributed by atoms with Crippen molar-refractivity contribution in [3.05, 3.63) is 46.6 Å². The first kappa shape index (κ1) is 22.1. The van der Waals surface area contributed by atoms with E-state index in [2.05, 4.69) is 14.4 Å². The van der Waals surface area contributed by atoms with E-state index in [1.807, 2.05) is 0 Å². The molecular formula is C18H14F4N3O6S-. The van der Waals surface area contributed by atoms with Crippen LogP contribution < -0.4 is 9.47 Å². The number of fused-ring (bicyclic) bond motifs is 2. The van der Waals surface area contributed by atoms with Gasteiger partial charge in [0.05, 0.1) is 17.0 Å². The van der Waals surface area contributed by atoms with Crippen LogP contribution >= 0.6 is 0 Å². The van der Waals surface area contributed by atoms with Crippen LogP contribution in [0.4, 0.5) is 23.2 Å². The molecule has 3 heterocycles. The van der Waals surface area contributed by atoms with Crippen LogP contribution in [0.15, 0.2) is 35.4 Å². The third-order valence-corrected chi connectivity index (χ3v) is 6.09. The van der Waals surface area contributed by atoms with Crippen LogP contribution in [0, 0.1) is 5.82 Å². The zero-order valence-corrected chi connectivity index (χ0v) is 16.7. The first-order chi connectivity index (χ1) is 14.9. The number of aliphatic hydroxyl groups excluding tert-OH is 1. The molecular weight excluding hydrogens is 462 g/mol. The number of hydrogen-bond acceptors (Lipinski definition) is 7. The van der Waals surface area contributed by atoms with Gasteiger partial charge in [0.25, 0.3) is 5.91 Å². The minimum Gasteiger partial charge on any atom is -0.571 e. The fourth-order valence-corrected chi connectivity index (χ4v) is 4.57. The number of benzene rings is 1. The molecule has 2 atom stereocenters. The number of aliphatic hydroxyl groups is 1. The Morgan fingerprint density at radius 3 is 2.75 bits per heavy atom. The van der Waals surface area contributed by atoms with Crippen molar-refractivity contribution >= 4 is 21.6 Å². The quantitative estimate of drug-likeness (QED) is 0.673. The van der Waals surface area contributed by atoms with Gasteiger partial charge < -0.3 is 24.2 Å². The first-order valence-electron chi connectivity index (χ1n) is 9.08. The minimum atomic E-state index is -5.23. The third kappa shape index (κ3) is 4.41. The van der Waals surface area contributed by atoms with Gasteiger partial charge in [0.1, 0.15) is 33.8 Å². The molecule has 0 spiro atoms. The van der Waals surface area contributed by atoms with E-state index in [0.29, 0.717) is 24.6 Å². The SMILES string of the molecule is O=C1c2cc([N-]S(=O)(=O)c3cc(F)ccc3OC(F)(F)F)cnc2OC[C@H]2C[C@@H](O)CN12. The van der Waals surface area contributed by atoms with Crippen molar-refractivity contribution in [1.29, 1.82) is 0 Å². The second-order valence-corrected chi connectivity index (χ2v) is 8.64. The van der Waals surface area contributed by atoms with Gasteiger partial charge in [0.2, 0.25) is 5.88 Å². The highest BCUT2D eigenvalue weighted by Crippen LogP contribution is 2.38. The second kappa shape index (κ2) is 7.78. The maximum absolute atomic E-state index is 13.6. The smallest absolute Gasteiger partial charge is 0.571 e. The number of halogens is 4. The Bertz CT molecular complexity index is 1170. The van der Waals surface area contributed by atoms with E-state index in [1.54, 1.807) is 0 Å². The fraction of sp³-hybridized carbons (Fsp3) is 0.333. The highest BCUT2D eigenvalue weighted by molar-refractivity contribution is 7.94. The van der Waals surface area contributed by atoms with E-state index >= 15 is 0 Å². The van der Waals surface area contributed by atoms with Crippen LogP contribution in [0.1, 0.15) is 16.8 Å². The number of aromatic nitrogens is 1. The summed E-state index contributed by atoms with van der Waals surface area (Å²) in [4.78, 5) is 16.9. The number of ether oxygens (including phenoxy) is 2. The number of sulfonamides is 1. The zero-order valence-electron chi connectivity index (χ0n) is 15.9. The van der Waals surface area contributed by atoms with Crippen molar-refractivity contribution < 1.29 is 45.4 Å². The van der Waals surface area contributed by atoms with Crippen LogP contribution in [0.2, 0.25) is 0 Å². The van der Waals surface area contributed by atoms with Gasteiger partial charge in [0.15, 0.2) is 0 Å². The molecule has 1 amide bonds. The van der Waals surface area contributed by atoms with Crippen molar-refractivity contribution in [3.63, 3.8) is 0 Å². The summed E-state index contributed by atoms with van der Waals surface area (Å²) in [5.74, 6) is -2.95. The van der Waals surface area contributed by atoms with Gasteiger partial charge in [0, 0.05) is 12.7 Å². The molecule has 9 nitrogen and oxygen atoms in total. The minimum absolute atomic E-state index is 0.0490. The lowest BCUT2D eigenvalue weighted by Crippen LogP contribution is -2.36. The van der Waals surface area contributed by atoms with Gasteiger partial charge in [-0.3, -0.25) is 4.79 Å². The summed E-state index contributed by atoms with van der Waals surface area (Å²) in [7, 11) is -4.90. The van der Waals surface area contributed by atoms with E-state index in [9.17, 15) is 35.9 Å². The Kier molecular flexibility index (Phi) is 5.36. The highest BCUT2D eigenvalue weighted by Gasteiger charge is 2.39. The van der Waals surface area contributed by atoms with E-state index in [-0.39, 0.29) is 24.6 Å². The summed E-state index contributed by atoms with van der Waals surface area (Å²) in [5.41, 5.74) is -0.537. The van der Waals surface area contributed by atoms with Crippen molar-refractivity contribution in [2.45, 2.75) is 29.8 Å². The summed E-state index contributed by atoms with van der Waals surface area (Å²) >= 11 is 0. The van der Waals surface area contributed by atoms with Gasteiger partial charge in [-0.2, -0.15) is 0 Å². The standard InChI is InChI=1S/C18H14F4N3O6S/c19-9-1-2-14(31-18(20,21)22)15(3-9)32(28,29)24-10-4-13-16(23-6-10)30-8-11-5-12(26)7-25(11)17(13)27/h1-4,6,11-12,26H,5,7-8H2/q-1/t11-,12-/m1/s1. The Labute approximate surface area is 178 Å². The fourth-order valence-electron chi connectivity index (χ4n) is 3.47. The van der Waals surface area contributed by atoms with Gasteiger partial charge >= 0.3 is 6.36 Å². The Balaban J connectivity index is 1.66. The predicted octanol–water partition coefficient (Wildman–Crippen LogP) is 2.48. The van der Waals surface area contributed by atoms with Crippen molar-refractivity contribution in [3.8, 4) is 11.6 Å². The van der Waals surface area contributed by atoms with Crippen LogP contribution in [0.5, 0.6) is 11.6 Å². The summed E-state index contributed by atoms with van der Waals surface area (Å²) in [6.45, 7) is 0.117. The van der Waals surface area contributed by atoms with Gasteiger partial charge in [-0.25, -0.2) is 17.8 Å². The number of nitrogens with zero attached hydrogens (tertiary/aromatic N) is 3. The predicted molar refractivity (Wildman–Crippen MR) is 98.5 cm³/mol. The molecule has 0 saturated carbocycles. The van der Waals surface area contributed by atoms with Crippen molar-refractivity contribution in [2.75, 3.05) is 13.2 Å². The molecule has 1 aromatic heterocycles. The normalized spacial score (nSPS) is 20.8. The average Bonchev–Trinajstić information content (AvgIpc) is 3.01. The van der Waals surface area contributed by atoms with Crippen molar-refractivity contribution in [2.24, 2.45) is 0 Å². The lowest BCUT2D eigenvalue weighted by molar-refractivity contribution is -0.275. The molecule has 14 heteroatoms. The number of amides is 1. The summed E-state index contributed by atoms with van der Waals surface area (Å²) in [6.07, 6.45) is -4.73. The van der Waals surface area contributed by atoms with E-state index in [4.69, 9.17) is 4.74 Å². The first-order valence-corrected chi connectivity index (χ1v) is 10.5. The molecule has 2 aliphatic heterocycles. The van der Waals surface area contributed by atoms with Crippen LogP contribution in [0.3, 0.4) is 0 Å². The molecule has 0 bridgehead atoms. The third-order valence-electron chi connectivity index (χ3n) is 4.77. The molecule has 32 heavy (non-hydrogen) atoms. The van der Waals surface area contributed by atoms with Crippen molar-refractivity contribution in [1.82, 2.24) is 9.88 Å². The summed E-state index contributed by atoms with van der Waals surface area (Å²) in [5, 5.41) is 9.79. The Morgan fingerprint density at radius 2 is 2.03 bits per heavy atom. The lowest BCUT2D eigenvalue weighted by Gasteiger charge is -2.24. The zero-order chi connectivity index (χ0) is 23.3. The van der Waals surface area contributed by atoms with E-state index < -0.39 is 56.6 Å². The number of alkyl halides is 3. The van der Waals surface area contributed by atoms with Gasteiger partial charge in [-0.15, -0.1) is 18.9 Å². The molecule has 0 radical (unpaired) electrons. The summed E-state index contributed by atoms with van der Waals surface area (Å²) in [6, 6.07) is 2.09. The van der Waals surface area contributed by atoms with E-state index in [1.165, 1.54) is 4.90 Å². The highest BCUT2D eigenvalue weighted by atomic mass is 32.2. The van der Waals surface area contributed by atoms with Crippen LogP contribution in [-0.4, -0.2) is 61.0 Å². The number of pyridine rings is 1. The monoisotopic (exact) mass is 476 g/mol. The molecule has 1 N–H and O–H groups in total. The molecule has 4 rings (SSSR count). The molecule has 1 aromatic carbocycles. The number of carbonyl (C=O) groups excluding carboxylic acids is 1. The Morgan fingerprint density at radius 1 is 1.28 bits per heavy atom. The van der Waals surface area contributed by atoms with E-state index in [0.717, 1.165) is 12.3 Å². The summed E-state index contributed by atoms with van der Waals surface area (Å²) < 4.78 is 89.2.